The van der Waals surface area contributed by atoms with Crippen LogP contribution in [-0.2, 0) is 0 Å². The zero-order valence-corrected chi connectivity index (χ0v) is 20.1. The van der Waals surface area contributed by atoms with Crippen molar-refractivity contribution in [3.63, 3.8) is 0 Å². The van der Waals surface area contributed by atoms with Gasteiger partial charge >= 0.3 is 0 Å². The number of benzene rings is 1. The van der Waals surface area contributed by atoms with E-state index in [4.69, 9.17) is 10.7 Å². The van der Waals surface area contributed by atoms with Gasteiger partial charge in [0, 0.05) is 19.1 Å². The van der Waals surface area contributed by atoms with Gasteiger partial charge in [-0.2, -0.15) is 15.0 Å². The minimum Gasteiger partial charge on any atom is -0.395 e. The average molecular weight is 457 g/mol. The van der Waals surface area contributed by atoms with E-state index < -0.39 is 5.82 Å². The first-order valence-corrected chi connectivity index (χ1v) is 12.2. The molecule has 1 saturated carbocycles. The fourth-order valence-corrected chi connectivity index (χ4v) is 4.73. The third-order valence-corrected chi connectivity index (χ3v) is 6.98. The number of nitrogen functional groups attached to an aromatic ring is 1. The quantitative estimate of drug-likeness (QED) is 0.437. The zero-order chi connectivity index (χ0) is 23.4. The Hall–Kier alpha value is -2.68. The largest absolute Gasteiger partial charge is 0.395 e. The normalized spacial score (nSPS) is 18.7. The van der Waals surface area contributed by atoms with E-state index in [9.17, 15) is 4.39 Å². The molecular weight excluding hydrogens is 419 g/mol. The van der Waals surface area contributed by atoms with Crippen molar-refractivity contribution in [3.05, 3.63) is 23.5 Å². The zero-order valence-electron chi connectivity index (χ0n) is 20.1. The predicted molar refractivity (Wildman–Crippen MR) is 133 cm³/mol. The molecule has 9 heteroatoms. The molecule has 4 rings (SSSR count). The molecule has 4 N–H and O–H groups in total. The molecule has 0 spiro atoms. The van der Waals surface area contributed by atoms with Crippen LogP contribution in [0, 0.1) is 12.7 Å². The molecule has 2 fully saturated rings. The second-order valence-corrected chi connectivity index (χ2v) is 9.54. The van der Waals surface area contributed by atoms with Gasteiger partial charge in [0.1, 0.15) is 0 Å². The van der Waals surface area contributed by atoms with Crippen LogP contribution in [0.25, 0.3) is 0 Å². The van der Waals surface area contributed by atoms with E-state index in [-0.39, 0.29) is 5.69 Å². The van der Waals surface area contributed by atoms with E-state index >= 15 is 0 Å². The highest BCUT2D eigenvalue weighted by Gasteiger charge is 2.24. The Bertz CT molecular complexity index is 936. The fourth-order valence-electron chi connectivity index (χ4n) is 4.73. The van der Waals surface area contributed by atoms with E-state index in [1.807, 2.05) is 7.05 Å². The van der Waals surface area contributed by atoms with Crippen LogP contribution in [0.1, 0.15) is 56.9 Å². The Labute approximate surface area is 196 Å². The van der Waals surface area contributed by atoms with Crippen LogP contribution >= 0.6 is 0 Å². The maximum atomic E-state index is 14.4. The molecule has 1 aromatic carbocycles. The van der Waals surface area contributed by atoms with Gasteiger partial charge in [-0.3, -0.25) is 0 Å². The molecule has 8 nitrogen and oxygen atoms in total. The summed E-state index contributed by atoms with van der Waals surface area (Å²) in [7, 11) is 4.20. The number of halogens is 1. The van der Waals surface area contributed by atoms with Crippen molar-refractivity contribution in [1.82, 2.24) is 19.9 Å². The molecule has 0 bridgehead atoms. The molecular formula is C24H37FN8. The van der Waals surface area contributed by atoms with Crippen LogP contribution in [0.4, 0.5) is 33.6 Å². The number of hydrogen-bond acceptors (Lipinski definition) is 8. The number of rotatable bonds is 6. The summed E-state index contributed by atoms with van der Waals surface area (Å²) in [4.78, 5) is 18.6. The van der Waals surface area contributed by atoms with Crippen molar-refractivity contribution in [2.45, 2.75) is 70.4 Å². The summed E-state index contributed by atoms with van der Waals surface area (Å²) in [6, 6.07) is 4.18. The summed E-state index contributed by atoms with van der Waals surface area (Å²) in [6.45, 7) is 3.80. The van der Waals surface area contributed by atoms with Crippen LogP contribution in [0.3, 0.4) is 0 Å². The van der Waals surface area contributed by atoms with Gasteiger partial charge in [-0.1, -0.05) is 31.7 Å². The number of nitrogens with two attached hydrogens (primary N) is 1. The minimum atomic E-state index is -0.422. The number of aryl methyl sites for hydroxylation is 1. The lowest BCUT2D eigenvalue weighted by molar-refractivity contribution is 0.252. The average Bonchev–Trinajstić information content (AvgIpc) is 3.08. The molecule has 33 heavy (non-hydrogen) atoms. The van der Waals surface area contributed by atoms with Crippen molar-refractivity contribution in [2.24, 2.45) is 0 Å². The minimum absolute atomic E-state index is 0.0684. The number of likely N-dealkylation sites (tertiary alicyclic amines) is 1. The van der Waals surface area contributed by atoms with Gasteiger partial charge in [0.2, 0.25) is 17.8 Å². The molecule has 0 atom stereocenters. The highest BCUT2D eigenvalue weighted by molar-refractivity contribution is 5.72. The van der Waals surface area contributed by atoms with Crippen molar-refractivity contribution >= 4 is 29.2 Å². The van der Waals surface area contributed by atoms with Gasteiger partial charge in [-0.15, -0.1) is 0 Å². The molecule has 0 amide bonds. The number of nitrogens with one attached hydrogen (secondary N) is 2. The Balaban J connectivity index is 1.61. The monoisotopic (exact) mass is 456 g/mol. The molecule has 1 aliphatic heterocycles. The molecule has 2 aromatic rings. The van der Waals surface area contributed by atoms with E-state index in [1.54, 1.807) is 19.1 Å². The second kappa shape index (κ2) is 10.5. The van der Waals surface area contributed by atoms with Gasteiger partial charge in [0.25, 0.3) is 0 Å². The first-order chi connectivity index (χ1) is 15.9. The van der Waals surface area contributed by atoms with E-state index in [1.165, 1.54) is 25.7 Å². The van der Waals surface area contributed by atoms with E-state index in [0.717, 1.165) is 38.8 Å². The number of nitrogens with zero attached hydrogens (tertiary/aromatic N) is 5. The summed E-state index contributed by atoms with van der Waals surface area (Å²) in [5, 5.41) is 6.68. The van der Waals surface area contributed by atoms with Crippen molar-refractivity contribution in [2.75, 3.05) is 48.5 Å². The molecule has 2 heterocycles. The molecule has 2 aliphatic rings. The molecule has 1 aliphatic carbocycles. The second-order valence-electron chi connectivity index (χ2n) is 9.54. The van der Waals surface area contributed by atoms with Crippen LogP contribution < -0.4 is 21.3 Å². The Morgan fingerprint density at radius 3 is 2.36 bits per heavy atom. The van der Waals surface area contributed by atoms with E-state index in [2.05, 4.69) is 37.4 Å². The highest BCUT2D eigenvalue weighted by atomic mass is 19.1. The van der Waals surface area contributed by atoms with Gasteiger partial charge < -0.3 is 26.2 Å². The first kappa shape index (κ1) is 23.5. The number of aromatic nitrogens is 3. The fraction of sp³-hybridized carbons (Fsp3) is 0.625. The van der Waals surface area contributed by atoms with Crippen LogP contribution in [0.15, 0.2) is 12.1 Å². The van der Waals surface area contributed by atoms with E-state index in [0.29, 0.717) is 41.2 Å². The summed E-state index contributed by atoms with van der Waals surface area (Å²) in [6.07, 6.45) is 9.35. The first-order valence-electron chi connectivity index (χ1n) is 12.2. The SMILES string of the molecule is Cc1ccc(Nc2nc(NC3CCCCCC3)nc(N(C)C3CCN(C)CC3)n2)c(N)c1F. The van der Waals surface area contributed by atoms with Crippen molar-refractivity contribution < 1.29 is 4.39 Å². The molecule has 1 saturated heterocycles. The smallest absolute Gasteiger partial charge is 0.233 e. The third-order valence-electron chi connectivity index (χ3n) is 6.98. The molecule has 0 radical (unpaired) electrons. The standard InChI is InChI=1S/C24H37FN8/c1-16-10-11-19(21(26)20(16)25)28-23-29-22(27-17-8-6-4-5-7-9-17)30-24(31-23)33(3)18-12-14-32(2)15-13-18/h10-11,17-18H,4-9,12-15,26H2,1-3H3,(H2,27,28,29,30,31). The molecule has 180 valence electrons. The maximum absolute atomic E-state index is 14.4. The number of piperidine rings is 1. The lowest BCUT2D eigenvalue weighted by Gasteiger charge is -2.35. The van der Waals surface area contributed by atoms with Crippen molar-refractivity contribution in [3.8, 4) is 0 Å². The topological polar surface area (TPSA) is 95.2 Å². The Morgan fingerprint density at radius 1 is 1.00 bits per heavy atom. The molecule has 1 aromatic heterocycles. The van der Waals surface area contributed by atoms with Crippen LogP contribution in [0.2, 0.25) is 0 Å². The summed E-state index contributed by atoms with van der Waals surface area (Å²) in [5.74, 6) is 1.12. The van der Waals surface area contributed by atoms with Gasteiger partial charge in [0.15, 0.2) is 5.82 Å². The number of anilines is 5. The predicted octanol–water partition coefficient (Wildman–Crippen LogP) is 4.31. The maximum Gasteiger partial charge on any atom is 0.233 e. The lowest BCUT2D eigenvalue weighted by Crippen LogP contribution is -2.42. The summed E-state index contributed by atoms with van der Waals surface area (Å²) >= 11 is 0. The van der Waals surface area contributed by atoms with Gasteiger partial charge in [0.05, 0.1) is 11.4 Å². The molecule has 0 unspecified atom stereocenters. The lowest BCUT2D eigenvalue weighted by atomic mass is 10.0. The van der Waals surface area contributed by atoms with Crippen LogP contribution in [0.5, 0.6) is 0 Å². The summed E-state index contributed by atoms with van der Waals surface area (Å²) < 4.78 is 14.4. The van der Waals surface area contributed by atoms with Crippen LogP contribution in [-0.4, -0.2) is 59.1 Å². The van der Waals surface area contributed by atoms with Crippen molar-refractivity contribution in [1.29, 1.82) is 0 Å². The Kier molecular flexibility index (Phi) is 7.47. The Morgan fingerprint density at radius 2 is 1.67 bits per heavy atom. The third kappa shape index (κ3) is 5.82. The number of hydrogen-bond donors (Lipinski definition) is 3. The van der Waals surface area contributed by atoms with Gasteiger partial charge in [-0.25, -0.2) is 4.39 Å². The summed E-state index contributed by atoms with van der Waals surface area (Å²) in [5.41, 5.74) is 7.06. The van der Waals surface area contributed by atoms with Gasteiger partial charge in [-0.05, 0) is 64.4 Å². The highest BCUT2D eigenvalue weighted by Crippen LogP contribution is 2.28.